The zero-order valence-electron chi connectivity index (χ0n) is 17.9. The number of hydrogen-bond acceptors (Lipinski definition) is 4. The third-order valence-corrected chi connectivity index (χ3v) is 5.05. The lowest BCUT2D eigenvalue weighted by molar-refractivity contribution is -0.123. The second kappa shape index (κ2) is 8.98. The number of aromatic hydroxyl groups is 1. The number of anilines is 1. The fraction of sp³-hybridized carbons (Fsp3) is 0.154. The lowest BCUT2D eigenvalue weighted by Crippen LogP contribution is -2.34. The molecule has 0 aliphatic carbocycles. The van der Waals surface area contributed by atoms with Gasteiger partial charge in [0.05, 0.1) is 5.56 Å². The number of phenolic OH excluding ortho intramolecular Hbond substituents is 1. The minimum atomic E-state index is -0.370. The van der Waals surface area contributed by atoms with Gasteiger partial charge in [0.25, 0.3) is 11.8 Å². The van der Waals surface area contributed by atoms with Crippen molar-refractivity contribution in [3.63, 3.8) is 0 Å². The van der Waals surface area contributed by atoms with Crippen molar-refractivity contribution in [2.75, 3.05) is 11.9 Å². The van der Waals surface area contributed by atoms with Crippen LogP contribution in [-0.4, -0.2) is 29.6 Å². The molecule has 0 saturated heterocycles. The molecule has 2 amide bonds. The van der Waals surface area contributed by atoms with Gasteiger partial charge in [-0.25, -0.2) is 0 Å². The summed E-state index contributed by atoms with van der Waals surface area (Å²) in [5.74, 6) is -0.164. The fourth-order valence-electron chi connectivity index (χ4n) is 3.62. The number of amides is 2. The van der Waals surface area contributed by atoms with Gasteiger partial charge in [0, 0.05) is 22.5 Å². The molecule has 6 nitrogen and oxygen atoms in total. The van der Waals surface area contributed by atoms with Crippen LogP contribution in [0.15, 0.2) is 72.8 Å². The Morgan fingerprint density at radius 1 is 0.906 bits per heavy atom. The Morgan fingerprint density at radius 2 is 1.59 bits per heavy atom. The molecule has 4 aromatic carbocycles. The average Bonchev–Trinajstić information content (AvgIpc) is 2.77. The van der Waals surface area contributed by atoms with Gasteiger partial charge in [0.15, 0.2) is 6.61 Å². The molecular weight excluding hydrogens is 404 g/mol. The number of rotatable bonds is 6. The number of fused-ring (bicyclic) bond motifs is 2. The van der Waals surface area contributed by atoms with E-state index in [-0.39, 0.29) is 30.2 Å². The number of phenols is 1. The van der Waals surface area contributed by atoms with Gasteiger partial charge >= 0.3 is 0 Å². The normalized spacial score (nSPS) is 11.0. The van der Waals surface area contributed by atoms with Crippen molar-refractivity contribution in [1.29, 1.82) is 0 Å². The van der Waals surface area contributed by atoms with Crippen LogP contribution >= 0.6 is 0 Å². The molecule has 32 heavy (non-hydrogen) atoms. The van der Waals surface area contributed by atoms with Crippen LogP contribution in [0.25, 0.3) is 21.5 Å². The fourth-order valence-corrected chi connectivity index (χ4v) is 3.62. The molecule has 6 heteroatoms. The predicted molar refractivity (Wildman–Crippen MR) is 126 cm³/mol. The van der Waals surface area contributed by atoms with Crippen LogP contribution in [-0.2, 0) is 4.79 Å². The van der Waals surface area contributed by atoms with Crippen LogP contribution in [0, 0.1) is 0 Å². The average molecular weight is 428 g/mol. The van der Waals surface area contributed by atoms with Gasteiger partial charge in [-0.2, -0.15) is 0 Å². The van der Waals surface area contributed by atoms with Gasteiger partial charge in [0.1, 0.15) is 11.5 Å². The third-order valence-electron chi connectivity index (χ3n) is 5.05. The van der Waals surface area contributed by atoms with Crippen molar-refractivity contribution in [2.24, 2.45) is 0 Å². The van der Waals surface area contributed by atoms with E-state index in [0.29, 0.717) is 22.4 Å². The smallest absolute Gasteiger partial charge is 0.259 e. The standard InChI is InChI=1S/C26H24N2O4/c1-16(2)27-25(30)15-32-24-14-18-8-4-3-7-17(18)13-21(24)26(31)28-22-11-5-10-20-19(22)9-6-12-23(20)29/h3-14,16,29H,15H2,1-2H3,(H,27,30)(H,28,31). The van der Waals surface area contributed by atoms with Crippen molar-refractivity contribution >= 4 is 39.0 Å². The van der Waals surface area contributed by atoms with E-state index < -0.39 is 0 Å². The monoisotopic (exact) mass is 428 g/mol. The SMILES string of the molecule is CC(C)NC(=O)COc1cc2ccccc2cc1C(=O)Nc1cccc2c(O)cccc12. The van der Waals surface area contributed by atoms with Crippen LogP contribution in [0.3, 0.4) is 0 Å². The van der Waals surface area contributed by atoms with Crippen molar-refractivity contribution in [3.05, 3.63) is 78.4 Å². The summed E-state index contributed by atoms with van der Waals surface area (Å²) in [5, 5.41) is 19.0. The van der Waals surface area contributed by atoms with E-state index in [9.17, 15) is 14.7 Å². The Balaban J connectivity index is 1.68. The maximum absolute atomic E-state index is 13.3. The van der Waals surface area contributed by atoms with Gasteiger partial charge in [0.2, 0.25) is 0 Å². The number of hydrogen-bond donors (Lipinski definition) is 3. The van der Waals surface area contributed by atoms with Crippen LogP contribution < -0.4 is 15.4 Å². The van der Waals surface area contributed by atoms with Gasteiger partial charge in [-0.15, -0.1) is 0 Å². The molecule has 0 aliphatic rings. The number of carbonyl (C=O) groups excluding carboxylic acids is 2. The summed E-state index contributed by atoms with van der Waals surface area (Å²) in [7, 11) is 0. The van der Waals surface area contributed by atoms with Crippen molar-refractivity contribution in [1.82, 2.24) is 5.32 Å². The molecule has 0 aliphatic heterocycles. The second-order valence-corrected chi connectivity index (χ2v) is 7.84. The van der Waals surface area contributed by atoms with E-state index in [2.05, 4.69) is 10.6 Å². The number of carbonyl (C=O) groups is 2. The maximum atomic E-state index is 13.3. The van der Waals surface area contributed by atoms with Gasteiger partial charge in [-0.3, -0.25) is 9.59 Å². The van der Waals surface area contributed by atoms with Crippen LogP contribution in [0.4, 0.5) is 5.69 Å². The molecule has 0 fully saturated rings. The largest absolute Gasteiger partial charge is 0.507 e. The molecule has 0 heterocycles. The molecule has 4 rings (SSSR count). The molecule has 0 aromatic heterocycles. The van der Waals surface area contributed by atoms with Crippen molar-refractivity contribution in [2.45, 2.75) is 19.9 Å². The zero-order valence-corrected chi connectivity index (χ0v) is 17.9. The Labute approximate surface area is 185 Å². The molecule has 0 unspecified atom stereocenters. The van der Waals surface area contributed by atoms with Crippen molar-refractivity contribution < 1.29 is 19.4 Å². The van der Waals surface area contributed by atoms with Gasteiger partial charge < -0.3 is 20.5 Å². The molecule has 0 atom stereocenters. The molecule has 0 saturated carbocycles. The Hall–Kier alpha value is -4.06. The first-order chi connectivity index (χ1) is 15.4. The lowest BCUT2D eigenvalue weighted by atomic mass is 10.0. The summed E-state index contributed by atoms with van der Waals surface area (Å²) < 4.78 is 5.76. The summed E-state index contributed by atoms with van der Waals surface area (Å²) in [6.45, 7) is 3.54. The summed E-state index contributed by atoms with van der Waals surface area (Å²) in [6, 6.07) is 21.6. The van der Waals surface area contributed by atoms with Crippen LogP contribution in [0.5, 0.6) is 11.5 Å². The quantitative estimate of drug-likeness (QED) is 0.410. The summed E-state index contributed by atoms with van der Waals surface area (Å²) in [6.07, 6.45) is 0. The third kappa shape index (κ3) is 4.49. The van der Waals surface area contributed by atoms with E-state index in [0.717, 1.165) is 16.2 Å². The van der Waals surface area contributed by atoms with E-state index in [4.69, 9.17) is 4.74 Å². The summed E-state index contributed by atoms with van der Waals surface area (Å²) >= 11 is 0. The number of benzene rings is 4. The molecule has 3 N–H and O–H groups in total. The number of ether oxygens (including phenoxy) is 1. The first-order valence-electron chi connectivity index (χ1n) is 10.4. The minimum absolute atomic E-state index is 0.00625. The topological polar surface area (TPSA) is 87.7 Å². The second-order valence-electron chi connectivity index (χ2n) is 7.84. The minimum Gasteiger partial charge on any atom is -0.507 e. The molecule has 4 aromatic rings. The highest BCUT2D eigenvalue weighted by atomic mass is 16.5. The molecule has 162 valence electrons. The van der Waals surface area contributed by atoms with E-state index in [1.165, 1.54) is 0 Å². The lowest BCUT2D eigenvalue weighted by Gasteiger charge is -2.15. The first-order valence-corrected chi connectivity index (χ1v) is 10.4. The van der Waals surface area contributed by atoms with Gasteiger partial charge in [-0.05, 0) is 48.9 Å². The number of nitrogens with one attached hydrogen (secondary N) is 2. The van der Waals surface area contributed by atoms with Gasteiger partial charge in [-0.1, -0.05) is 48.5 Å². The summed E-state index contributed by atoms with van der Waals surface area (Å²) in [4.78, 5) is 25.4. The van der Waals surface area contributed by atoms with E-state index in [1.54, 1.807) is 42.5 Å². The van der Waals surface area contributed by atoms with E-state index >= 15 is 0 Å². The Bertz CT molecular complexity index is 1310. The molecular formula is C26H24N2O4. The highest BCUT2D eigenvalue weighted by Crippen LogP contribution is 2.31. The Kier molecular flexibility index (Phi) is 5.94. The molecule has 0 bridgehead atoms. The highest BCUT2D eigenvalue weighted by molar-refractivity contribution is 6.12. The zero-order chi connectivity index (χ0) is 22.7. The van der Waals surface area contributed by atoms with E-state index in [1.807, 2.05) is 44.2 Å². The first kappa shape index (κ1) is 21.2. The molecule has 0 spiro atoms. The van der Waals surface area contributed by atoms with Crippen molar-refractivity contribution in [3.8, 4) is 11.5 Å². The molecule has 0 radical (unpaired) electrons. The predicted octanol–water partition coefficient (Wildman–Crippen LogP) is 4.85. The van der Waals surface area contributed by atoms with Crippen LogP contribution in [0.2, 0.25) is 0 Å². The maximum Gasteiger partial charge on any atom is 0.259 e. The summed E-state index contributed by atoms with van der Waals surface area (Å²) in [5.41, 5.74) is 0.887. The Morgan fingerprint density at radius 3 is 2.34 bits per heavy atom. The van der Waals surface area contributed by atoms with Crippen LogP contribution in [0.1, 0.15) is 24.2 Å². The highest BCUT2D eigenvalue weighted by Gasteiger charge is 2.17.